The van der Waals surface area contributed by atoms with E-state index in [0.717, 1.165) is 17.7 Å². The molecule has 3 rings (SSSR count). The van der Waals surface area contributed by atoms with Crippen LogP contribution in [0.2, 0.25) is 5.02 Å². The monoisotopic (exact) mass is 419 g/mol. The molecular formula is C22H26ClNO5. The number of benzene rings is 2. The van der Waals surface area contributed by atoms with E-state index in [0.29, 0.717) is 54.1 Å². The summed E-state index contributed by atoms with van der Waals surface area (Å²) in [6.07, 6.45) is 0.849. The second kappa shape index (κ2) is 9.74. The summed E-state index contributed by atoms with van der Waals surface area (Å²) in [4.78, 5) is 14.9. The summed E-state index contributed by atoms with van der Waals surface area (Å²) in [7, 11) is 0. The number of fused-ring (bicyclic) bond motifs is 1. The number of nitrogens with zero attached hydrogens (tertiary/aromatic N) is 1. The second-order valence-corrected chi connectivity index (χ2v) is 6.98. The standard InChI is InChI=1S/C22H26ClNO5/c1-4-9-27-21-17(23)11-16(12-20(21)26-6-3)22(25)24(5-2)13-15-7-8-18-19(10-15)29-14-28-18/h7-8,10-12H,4-6,9,13-14H2,1-3H3. The molecule has 1 heterocycles. The van der Waals surface area contributed by atoms with E-state index in [-0.39, 0.29) is 12.7 Å². The lowest BCUT2D eigenvalue weighted by molar-refractivity contribution is 0.0752. The SMILES string of the molecule is CCCOc1c(Cl)cc(C(=O)N(CC)Cc2ccc3c(c2)OCO3)cc1OCC. The first kappa shape index (κ1) is 21.1. The molecule has 0 saturated carbocycles. The Morgan fingerprint density at radius 1 is 1.10 bits per heavy atom. The van der Waals surface area contributed by atoms with Gasteiger partial charge in [-0.2, -0.15) is 0 Å². The van der Waals surface area contributed by atoms with Gasteiger partial charge in [0, 0.05) is 18.7 Å². The smallest absolute Gasteiger partial charge is 0.254 e. The van der Waals surface area contributed by atoms with Crippen LogP contribution >= 0.6 is 11.6 Å². The van der Waals surface area contributed by atoms with Crippen molar-refractivity contribution in [2.24, 2.45) is 0 Å². The van der Waals surface area contributed by atoms with Crippen molar-refractivity contribution in [2.45, 2.75) is 33.7 Å². The first-order valence-electron chi connectivity index (χ1n) is 9.84. The van der Waals surface area contributed by atoms with E-state index in [1.807, 2.05) is 39.0 Å². The second-order valence-electron chi connectivity index (χ2n) is 6.57. The molecule has 0 aliphatic carbocycles. The van der Waals surface area contributed by atoms with E-state index in [9.17, 15) is 4.79 Å². The first-order valence-corrected chi connectivity index (χ1v) is 10.2. The Balaban J connectivity index is 1.83. The van der Waals surface area contributed by atoms with Crippen LogP contribution in [0.4, 0.5) is 0 Å². The van der Waals surface area contributed by atoms with Crippen molar-refractivity contribution in [2.75, 3.05) is 26.6 Å². The fourth-order valence-corrected chi connectivity index (χ4v) is 3.33. The number of rotatable bonds is 9. The van der Waals surface area contributed by atoms with Crippen LogP contribution in [0, 0.1) is 0 Å². The summed E-state index contributed by atoms with van der Waals surface area (Å²) in [5.41, 5.74) is 1.42. The van der Waals surface area contributed by atoms with Crippen LogP contribution in [0.15, 0.2) is 30.3 Å². The van der Waals surface area contributed by atoms with Gasteiger partial charge < -0.3 is 23.8 Å². The Kier molecular flexibility index (Phi) is 7.09. The van der Waals surface area contributed by atoms with Gasteiger partial charge >= 0.3 is 0 Å². The summed E-state index contributed by atoms with van der Waals surface area (Å²) >= 11 is 6.42. The highest BCUT2D eigenvalue weighted by atomic mass is 35.5. The van der Waals surface area contributed by atoms with Gasteiger partial charge in [-0.15, -0.1) is 0 Å². The molecule has 0 fully saturated rings. The third-order valence-corrected chi connectivity index (χ3v) is 4.77. The van der Waals surface area contributed by atoms with Crippen LogP contribution in [0.1, 0.15) is 43.1 Å². The Hall–Kier alpha value is -2.60. The van der Waals surface area contributed by atoms with E-state index in [1.165, 1.54) is 0 Å². The molecule has 0 spiro atoms. The number of carbonyl (C=O) groups excluding carboxylic acids is 1. The van der Waals surface area contributed by atoms with Crippen molar-refractivity contribution in [3.63, 3.8) is 0 Å². The van der Waals surface area contributed by atoms with Gasteiger partial charge in [0.15, 0.2) is 23.0 Å². The third-order valence-electron chi connectivity index (χ3n) is 4.49. The molecular weight excluding hydrogens is 394 g/mol. The lowest BCUT2D eigenvalue weighted by Gasteiger charge is -2.22. The van der Waals surface area contributed by atoms with Crippen LogP contribution in [0.3, 0.4) is 0 Å². The van der Waals surface area contributed by atoms with E-state index >= 15 is 0 Å². The minimum Gasteiger partial charge on any atom is -0.490 e. The average molecular weight is 420 g/mol. The molecule has 0 aromatic heterocycles. The van der Waals surface area contributed by atoms with Crippen LogP contribution < -0.4 is 18.9 Å². The van der Waals surface area contributed by atoms with Crippen LogP contribution in [-0.2, 0) is 6.54 Å². The molecule has 2 aromatic rings. The summed E-state index contributed by atoms with van der Waals surface area (Å²) in [6, 6.07) is 9.03. The summed E-state index contributed by atoms with van der Waals surface area (Å²) in [5, 5.41) is 0.367. The molecule has 2 aromatic carbocycles. The molecule has 156 valence electrons. The molecule has 0 radical (unpaired) electrons. The number of carbonyl (C=O) groups is 1. The fraction of sp³-hybridized carbons (Fsp3) is 0.409. The molecule has 0 N–H and O–H groups in total. The zero-order valence-corrected chi connectivity index (χ0v) is 17.8. The van der Waals surface area contributed by atoms with Gasteiger partial charge in [-0.05, 0) is 50.1 Å². The van der Waals surface area contributed by atoms with Crippen LogP contribution in [0.25, 0.3) is 0 Å². The number of hydrogen-bond donors (Lipinski definition) is 0. The minimum atomic E-state index is -0.130. The molecule has 1 aliphatic rings. The minimum absolute atomic E-state index is 0.130. The molecule has 0 saturated heterocycles. The van der Waals surface area contributed by atoms with Crippen molar-refractivity contribution < 1.29 is 23.7 Å². The predicted octanol–water partition coefficient (Wildman–Crippen LogP) is 4.92. The molecule has 1 aliphatic heterocycles. The molecule has 7 heteroatoms. The van der Waals surface area contributed by atoms with Crippen molar-refractivity contribution in [1.29, 1.82) is 0 Å². The van der Waals surface area contributed by atoms with Gasteiger partial charge in [0.1, 0.15) is 0 Å². The maximum absolute atomic E-state index is 13.2. The summed E-state index contributed by atoms with van der Waals surface area (Å²) < 4.78 is 22.2. The molecule has 6 nitrogen and oxygen atoms in total. The maximum atomic E-state index is 13.2. The Labute approximate surface area is 176 Å². The molecule has 0 unspecified atom stereocenters. The zero-order valence-electron chi connectivity index (χ0n) is 17.0. The lowest BCUT2D eigenvalue weighted by atomic mass is 10.1. The average Bonchev–Trinajstić information content (AvgIpc) is 3.19. The number of ether oxygens (including phenoxy) is 4. The van der Waals surface area contributed by atoms with Crippen molar-refractivity contribution in [3.8, 4) is 23.0 Å². The third kappa shape index (κ3) is 4.88. The Bertz CT molecular complexity index is 871. The van der Waals surface area contributed by atoms with Crippen molar-refractivity contribution in [1.82, 2.24) is 4.90 Å². The van der Waals surface area contributed by atoms with E-state index in [2.05, 4.69) is 0 Å². The van der Waals surface area contributed by atoms with E-state index < -0.39 is 0 Å². The van der Waals surface area contributed by atoms with Gasteiger partial charge in [-0.1, -0.05) is 24.6 Å². The van der Waals surface area contributed by atoms with Gasteiger partial charge in [0.2, 0.25) is 6.79 Å². The van der Waals surface area contributed by atoms with Gasteiger partial charge in [0.25, 0.3) is 5.91 Å². The van der Waals surface area contributed by atoms with Crippen LogP contribution in [0.5, 0.6) is 23.0 Å². The van der Waals surface area contributed by atoms with Gasteiger partial charge in [0.05, 0.1) is 18.2 Å². The number of hydrogen-bond acceptors (Lipinski definition) is 5. The first-order chi connectivity index (χ1) is 14.1. The molecule has 29 heavy (non-hydrogen) atoms. The van der Waals surface area contributed by atoms with E-state index in [1.54, 1.807) is 17.0 Å². The topological polar surface area (TPSA) is 57.2 Å². The highest BCUT2D eigenvalue weighted by Crippen LogP contribution is 2.37. The summed E-state index contributed by atoms with van der Waals surface area (Å²) in [6.45, 7) is 8.02. The van der Waals surface area contributed by atoms with Crippen molar-refractivity contribution in [3.05, 3.63) is 46.5 Å². The highest BCUT2D eigenvalue weighted by molar-refractivity contribution is 6.32. The zero-order chi connectivity index (χ0) is 20.8. The van der Waals surface area contributed by atoms with Gasteiger partial charge in [-0.3, -0.25) is 4.79 Å². The summed E-state index contributed by atoms with van der Waals surface area (Å²) in [5.74, 6) is 2.25. The predicted molar refractivity (Wildman–Crippen MR) is 111 cm³/mol. The normalized spacial score (nSPS) is 12.0. The quantitative estimate of drug-likeness (QED) is 0.577. The number of amides is 1. The van der Waals surface area contributed by atoms with Crippen LogP contribution in [-0.4, -0.2) is 37.4 Å². The largest absolute Gasteiger partial charge is 0.490 e. The Morgan fingerprint density at radius 2 is 1.90 bits per heavy atom. The highest BCUT2D eigenvalue weighted by Gasteiger charge is 2.21. The van der Waals surface area contributed by atoms with Gasteiger partial charge in [-0.25, -0.2) is 0 Å². The molecule has 0 bridgehead atoms. The fourth-order valence-electron chi connectivity index (χ4n) is 3.07. The van der Waals surface area contributed by atoms with Crippen molar-refractivity contribution >= 4 is 17.5 Å². The maximum Gasteiger partial charge on any atom is 0.254 e. The molecule has 1 amide bonds. The lowest BCUT2D eigenvalue weighted by Crippen LogP contribution is -2.30. The Morgan fingerprint density at radius 3 is 2.62 bits per heavy atom. The van der Waals surface area contributed by atoms with E-state index in [4.69, 9.17) is 30.5 Å². The number of halogens is 1. The molecule has 0 atom stereocenters.